The maximum Gasteiger partial charge on any atom is 0.254 e. The largest absolute Gasteiger partial charge is 0.375 e. The van der Waals surface area contributed by atoms with Crippen molar-refractivity contribution in [3.05, 3.63) is 30.1 Å². The zero-order valence-electron chi connectivity index (χ0n) is 12.7. The summed E-state index contributed by atoms with van der Waals surface area (Å²) in [6.07, 6.45) is 8.08. The molecule has 5 heteroatoms. The van der Waals surface area contributed by atoms with Crippen LogP contribution in [0.4, 0.5) is 0 Å². The van der Waals surface area contributed by atoms with Gasteiger partial charge in [-0.05, 0) is 43.7 Å². The summed E-state index contributed by atoms with van der Waals surface area (Å²) in [5, 5.41) is 0. The third-order valence-electron chi connectivity index (χ3n) is 4.97. The number of aromatic nitrogens is 1. The standard InChI is InChI=1S/C17H22N2O3/c20-17(13-5-7-18-8-6-13)19-9-10-21-16-14(19)3-4-15(16)22-11-12-1-2-12/h5-8,12,14-16H,1-4,9-11H2/t14-,15+,16+/m0/s1. The maximum atomic E-state index is 12.7. The fraction of sp³-hybridized carbons (Fsp3) is 0.647. The van der Waals surface area contributed by atoms with E-state index in [0.717, 1.165) is 25.4 Å². The number of amides is 1. The first kappa shape index (κ1) is 14.2. The van der Waals surface area contributed by atoms with Crippen LogP contribution in [0, 0.1) is 5.92 Å². The fourth-order valence-electron chi connectivity index (χ4n) is 3.55. The van der Waals surface area contributed by atoms with E-state index in [1.807, 2.05) is 4.90 Å². The number of ether oxygens (including phenoxy) is 2. The van der Waals surface area contributed by atoms with E-state index in [9.17, 15) is 4.79 Å². The van der Waals surface area contributed by atoms with Crippen molar-refractivity contribution >= 4 is 5.91 Å². The van der Waals surface area contributed by atoms with Crippen LogP contribution in [0.3, 0.4) is 0 Å². The van der Waals surface area contributed by atoms with Crippen LogP contribution >= 0.6 is 0 Å². The molecule has 4 rings (SSSR count). The smallest absolute Gasteiger partial charge is 0.254 e. The lowest BCUT2D eigenvalue weighted by Gasteiger charge is -2.39. The number of carbonyl (C=O) groups is 1. The summed E-state index contributed by atoms with van der Waals surface area (Å²) in [7, 11) is 0. The molecule has 1 aromatic rings. The van der Waals surface area contributed by atoms with Gasteiger partial charge < -0.3 is 14.4 Å². The van der Waals surface area contributed by atoms with Crippen LogP contribution in [0.15, 0.2) is 24.5 Å². The van der Waals surface area contributed by atoms with Gasteiger partial charge in [0, 0.05) is 31.1 Å². The number of rotatable bonds is 4. The Balaban J connectivity index is 1.44. The topological polar surface area (TPSA) is 51.7 Å². The Kier molecular flexibility index (Phi) is 3.84. The summed E-state index contributed by atoms with van der Waals surface area (Å²) < 4.78 is 12.0. The molecule has 1 aromatic heterocycles. The lowest BCUT2D eigenvalue weighted by molar-refractivity contribution is -0.106. The number of fused-ring (bicyclic) bond motifs is 1. The van der Waals surface area contributed by atoms with Crippen LogP contribution in [0.1, 0.15) is 36.0 Å². The minimum atomic E-state index is 0.0401. The molecule has 1 saturated heterocycles. The van der Waals surface area contributed by atoms with Crippen LogP contribution in [0.5, 0.6) is 0 Å². The Morgan fingerprint density at radius 3 is 2.86 bits per heavy atom. The molecule has 0 bridgehead atoms. The van der Waals surface area contributed by atoms with Crippen molar-refractivity contribution in [2.75, 3.05) is 19.8 Å². The van der Waals surface area contributed by atoms with Crippen LogP contribution in [0.2, 0.25) is 0 Å². The predicted molar refractivity (Wildman–Crippen MR) is 80.5 cm³/mol. The van der Waals surface area contributed by atoms with Gasteiger partial charge in [-0.1, -0.05) is 0 Å². The van der Waals surface area contributed by atoms with Crippen LogP contribution < -0.4 is 0 Å². The summed E-state index contributed by atoms with van der Waals surface area (Å²) in [4.78, 5) is 18.7. The first-order chi connectivity index (χ1) is 10.8. The second-order valence-corrected chi connectivity index (χ2v) is 6.53. The Labute approximate surface area is 130 Å². The van der Waals surface area contributed by atoms with Crippen molar-refractivity contribution in [3.8, 4) is 0 Å². The summed E-state index contributed by atoms with van der Waals surface area (Å²) in [6.45, 7) is 2.12. The van der Waals surface area contributed by atoms with E-state index < -0.39 is 0 Å². The van der Waals surface area contributed by atoms with Gasteiger partial charge in [0.2, 0.25) is 0 Å². The Hall–Kier alpha value is -1.46. The fourth-order valence-corrected chi connectivity index (χ4v) is 3.55. The molecule has 2 heterocycles. The highest BCUT2D eigenvalue weighted by atomic mass is 16.5. The van der Waals surface area contributed by atoms with E-state index in [-0.39, 0.29) is 24.2 Å². The molecule has 2 saturated carbocycles. The van der Waals surface area contributed by atoms with Gasteiger partial charge in [-0.3, -0.25) is 9.78 Å². The van der Waals surface area contributed by atoms with E-state index in [1.54, 1.807) is 24.5 Å². The van der Waals surface area contributed by atoms with Gasteiger partial charge in [-0.15, -0.1) is 0 Å². The molecule has 118 valence electrons. The summed E-state index contributed by atoms with van der Waals surface area (Å²) in [5.74, 6) is 0.848. The number of hydrogen-bond acceptors (Lipinski definition) is 4. The van der Waals surface area contributed by atoms with E-state index in [1.165, 1.54) is 12.8 Å². The zero-order valence-corrected chi connectivity index (χ0v) is 12.7. The average Bonchev–Trinajstić information content (AvgIpc) is 3.31. The van der Waals surface area contributed by atoms with E-state index in [0.29, 0.717) is 18.7 Å². The number of hydrogen-bond donors (Lipinski definition) is 0. The van der Waals surface area contributed by atoms with Gasteiger partial charge in [0.25, 0.3) is 5.91 Å². The van der Waals surface area contributed by atoms with Gasteiger partial charge in [-0.25, -0.2) is 0 Å². The van der Waals surface area contributed by atoms with Gasteiger partial charge in [-0.2, -0.15) is 0 Å². The first-order valence-electron chi connectivity index (χ1n) is 8.27. The lowest BCUT2D eigenvalue weighted by atomic mass is 10.1. The number of carbonyl (C=O) groups excluding carboxylic acids is 1. The average molecular weight is 302 g/mol. The minimum Gasteiger partial charge on any atom is -0.375 e. The predicted octanol–water partition coefficient (Wildman–Crippen LogP) is 1.88. The van der Waals surface area contributed by atoms with Crippen molar-refractivity contribution in [3.63, 3.8) is 0 Å². The molecular formula is C17H22N2O3. The molecule has 2 aliphatic carbocycles. The molecule has 0 radical (unpaired) electrons. The summed E-state index contributed by atoms with van der Waals surface area (Å²) in [6, 6.07) is 3.71. The van der Waals surface area contributed by atoms with Gasteiger partial charge in [0.05, 0.1) is 18.8 Å². The van der Waals surface area contributed by atoms with Crippen molar-refractivity contribution < 1.29 is 14.3 Å². The van der Waals surface area contributed by atoms with Crippen molar-refractivity contribution in [2.24, 2.45) is 5.92 Å². The SMILES string of the molecule is O=C(c1ccncc1)N1CCO[C@H]2[C@H](OCC3CC3)CC[C@@H]21. The van der Waals surface area contributed by atoms with E-state index in [4.69, 9.17) is 9.47 Å². The molecule has 3 aliphatic rings. The van der Waals surface area contributed by atoms with Crippen molar-refractivity contribution in [2.45, 2.75) is 43.9 Å². The van der Waals surface area contributed by atoms with E-state index >= 15 is 0 Å². The molecule has 22 heavy (non-hydrogen) atoms. The third-order valence-corrected chi connectivity index (χ3v) is 4.97. The molecule has 3 fully saturated rings. The Morgan fingerprint density at radius 2 is 2.09 bits per heavy atom. The first-order valence-corrected chi connectivity index (χ1v) is 8.27. The highest BCUT2D eigenvalue weighted by Gasteiger charge is 2.45. The van der Waals surface area contributed by atoms with Crippen LogP contribution in [-0.4, -0.2) is 53.8 Å². The zero-order chi connectivity index (χ0) is 14.9. The Bertz CT molecular complexity index is 532. The van der Waals surface area contributed by atoms with Gasteiger partial charge in [0.1, 0.15) is 6.10 Å². The molecule has 1 amide bonds. The molecule has 1 aliphatic heterocycles. The lowest BCUT2D eigenvalue weighted by Crippen LogP contribution is -2.53. The highest BCUT2D eigenvalue weighted by Crippen LogP contribution is 2.35. The maximum absolute atomic E-state index is 12.7. The molecule has 0 spiro atoms. The normalized spacial score (nSPS) is 31.1. The van der Waals surface area contributed by atoms with Crippen LogP contribution in [-0.2, 0) is 9.47 Å². The number of nitrogens with zero attached hydrogens (tertiary/aromatic N) is 2. The van der Waals surface area contributed by atoms with E-state index in [2.05, 4.69) is 4.98 Å². The molecule has 3 atom stereocenters. The summed E-state index contributed by atoms with van der Waals surface area (Å²) in [5.41, 5.74) is 0.706. The Morgan fingerprint density at radius 1 is 1.27 bits per heavy atom. The third kappa shape index (κ3) is 2.75. The number of pyridine rings is 1. The molecular weight excluding hydrogens is 280 g/mol. The quantitative estimate of drug-likeness (QED) is 0.852. The van der Waals surface area contributed by atoms with Crippen molar-refractivity contribution in [1.82, 2.24) is 9.88 Å². The molecule has 5 nitrogen and oxygen atoms in total. The monoisotopic (exact) mass is 302 g/mol. The highest BCUT2D eigenvalue weighted by molar-refractivity contribution is 5.94. The molecule has 0 N–H and O–H groups in total. The second-order valence-electron chi connectivity index (χ2n) is 6.53. The molecule has 0 aromatic carbocycles. The second kappa shape index (κ2) is 5.97. The van der Waals surface area contributed by atoms with Gasteiger partial charge >= 0.3 is 0 Å². The summed E-state index contributed by atoms with van der Waals surface area (Å²) >= 11 is 0. The van der Waals surface area contributed by atoms with Gasteiger partial charge in [0.15, 0.2) is 0 Å². The molecule has 0 unspecified atom stereocenters. The van der Waals surface area contributed by atoms with Crippen LogP contribution in [0.25, 0.3) is 0 Å². The minimum absolute atomic E-state index is 0.0401. The number of morpholine rings is 1. The van der Waals surface area contributed by atoms with Crippen molar-refractivity contribution in [1.29, 1.82) is 0 Å².